The number of hydrogen-bond acceptors (Lipinski definition) is 4. The van der Waals surface area contributed by atoms with Crippen LogP contribution in [-0.4, -0.2) is 40.3 Å². The Kier molecular flexibility index (Phi) is 4.01. The predicted molar refractivity (Wildman–Crippen MR) is 94.5 cm³/mol. The number of likely N-dealkylation sites (tertiary alicyclic amines) is 1. The molecule has 2 aromatic carbocycles. The van der Waals surface area contributed by atoms with E-state index in [-0.39, 0.29) is 11.8 Å². The van der Waals surface area contributed by atoms with Crippen molar-refractivity contribution in [2.75, 3.05) is 13.1 Å². The first kappa shape index (κ1) is 15.8. The van der Waals surface area contributed by atoms with Crippen molar-refractivity contribution in [3.63, 3.8) is 0 Å². The maximum Gasteiger partial charge on any atom is 0.276 e. The molecular formula is C20H20N2O3. The van der Waals surface area contributed by atoms with E-state index in [4.69, 9.17) is 4.52 Å². The van der Waals surface area contributed by atoms with Gasteiger partial charge in [0.05, 0.1) is 6.10 Å². The molecular weight excluding hydrogens is 316 g/mol. The highest BCUT2D eigenvalue weighted by atomic mass is 16.5. The van der Waals surface area contributed by atoms with Crippen molar-refractivity contribution in [2.45, 2.75) is 25.4 Å². The quantitative estimate of drug-likeness (QED) is 0.781. The van der Waals surface area contributed by atoms with E-state index in [1.54, 1.807) is 17.9 Å². The number of aliphatic hydroxyl groups excluding tert-OH is 1. The van der Waals surface area contributed by atoms with Crippen molar-refractivity contribution in [1.82, 2.24) is 10.1 Å². The van der Waals surface area contributed by atoms with E-state index in [1.807, 2.05) is 12.1 Å². The van der Waals surface area contributed by atoms with Gasteiger partial charge in [0.2, 0.25) is 0 Å². The van der Waals surface area contributed by atoms with Gasteiger partial charge in [0, 0.05) is 25.1 Å². The van der Waals surface area contributed by atoms with Gasteiger partial charge in [-0.3, -0.25) is 4.79 Å². The summed E-state index contributed by atoms with van der Waals surface area (Å²) in [6.45, 7) is 2.66. The first-order chi connectivity index (χ1) is 12.1. The first-order valence-electron chi connectivity index (χ1n) is 8.51. The summed E-state index contributed by atoms with van der Waals surface area (Å²) in [6.07, 6.45) is 0.133. The zero-order valence-electron chi connectivity index (χ0n) is 14.1. The van der Waals surface area contributed by atoms with Gasteiger partial charge in [-0.2, -0.15) is 0 Å². The summed E-state index contributed by atoms with van der Waals surface area (Å²) < 4.78 is 4.97. The molecule has 128 valence electrons. The van der Waals surface area contributed by atoms with Gasteiger partial charge in [-0.15, -0.1) is 0 Å². The second-order valence-corrected chi connectivity index (χ2v) is 6.64. The summed E-state index contributed by atoms with van der Waals surface area (Å²) >= 11 is 0. The molecule has 1 N–H and O–H groups in total. The van der Waals surface area contributed by atoms with E-state index in [1.165, 1.54) is 10.8 Å². The van der Waals surface area contributed by atoms with Crippen LogP contribution in [0.15, 0.2) is 53.1 Å². The Morgan fingerprint density at radius 2 is 2.00 bits per heavy atom. The molecule has 4 rings (SSSR count). The lowest BCUT2D eigenvalue weighted by Crippen LogP contribution is -2.45. The molecule has 0 spiro atoms. The lowest BCUT2D eigenvalue weighted by atomic mass is 9.86. The van der Waals surface area contributed by atoms with E-state index in [0.717, 1.165) is 12.0 Å². The van der Waals surface area contributed by atoms with Crippen LogP contribution in [0.5, 0.6) is 0 Å². The van der Waals surface area contributed by atoms with Crippen LogP contribution in [-0.2, 0) is 0 Å². The van der Waals surface area contributed by atoms with Crippen molar-refractivity contribution in [2.24, 2.45) is 0 Å². The third-order valence-corrected chi connectivity index (χ3v) is 4.92. The SMILES string of the molecule is Cc1cc(C(=O)N2CC[C@@H](c3ccc4ccccc4c3)[C@H](O)C2)no1. The molecule has 1 fully saturated rings. The second kappa shape index (κ2) is 6.33. The fourth-order valence-corrected chi connectivity index (χ4v) is 3.57. The van der Waals surface area contributed by atoms with Crippen molar-refractivity contribution in [3.8, 4) is 0 Å². The maximum absolute atomic E-state index is 12.5. The third-order valence-electron chi connectivity index (χ3n) is 4.92. The molecule has 1 aliphatic heterocycles. The van der Waals surface area contributed by atoms with Gasteiger partial charge in [-0.1, -0.05) is 47.6 Å². The third kappa shape index (κ3) is 3.03. The summed E-state index contributed by atoms with van der Waals surface area (Å²) in [5.74, 6) is 0.454. The molecule has 1 aromatic heterocycles. The normalized spacial score (nSPS) is 20.8. The number of aliphatic hydroxyl groups is 1. The minimum absolute atomic E-state index is 0.0349. The minimum atomic E-state index is -0.591. The van der Waals surface area contributed by atoms with Gasteiger partial charge in [-0.25, -0.2) is 0 Å². The van der Waals surface area contributed by atoms with Crippen LogP contribution in [0.2, 0.25) is 0 Å². The van der Waals surface area contributed by atoms with Gasteiger partial charge >= 0.3 is 0 Å². The molecule has 0 bridgehead atoms. The number of amides is 1. The number of fused-ring (bicyclic) bond motifs is 1. The van der Waals surface area contributed by atoms with E-state index < -0.39 is 6.10 Å². The Labute approximate surface area is 145 Å². The summed E-state index contributed by atoms with van der Waals surface area (Å²) in [6, 6.07) is 16.1. The molecule has 5 nitrogen and oxygen atoms in total. The number of carbonyl (C=O) groups is 1. The van der Waals surface area contributed by atoms with Gasteiger partial charge in [0.15, 0.2) is 5.69 Å². The number of aromatic nitrogens is 1. The van der Waals surface area contributed by atoms with Crippen LogP contribution < -0.4 is 0 Å². The van der Waals surface area contributed by atoms with Crippen molar-refractivity contribution < 1.29 is 14.4 Å². The Morgan fingerprint density at radius 3 is 2.72 bits per heavy atom. The lowest BCUT2D eigenvalue weighted by molar-refractivity contribution is 0.0375. The van der Waals surface area contributed by atoms with Gasteiger partial charge in [0.25, 0.3) is 5.91 Å². The number of nitrogens with zero attached hydrogens (tertiary/aromatic N) is 2. The number of aryl methyl sites for hydroxylation is 1. The number of carbonyl (C=O) groups excluding carboxylic acids is 1. The smallest absolute Gasteiger partial charge is 0.276 e. The number of benzene rings is 2. The largest absolute Gasteiger partial charge is 0.391 e. The van der Waals surface area contributed by atoms with Gasteiger partial charge in [0.1, 0.15) is 5.76 Å². The summed E-state index contributed by atoms with van der Waals surface area (Å²) in [7, 11) is 0. The Balaban J connectivity index is 1.51. The van der Waals surface area contributed by atoms with Crippen LogP contribution in [0.4, 0.5) is 0 Å². The Morgan fingerprint density at radius 1 is 1.20 bits per heavy atom. The number of piperidine rings is 1. The van der Waals surface area contributed by atoms with Gasteiger partial charge < -0.3 is 14.5 Å². The molecule has 0 radical (unpaired) electrons. The minimum Gasteiger partial charge on any atom is -0.391 e. The molecule has 0 aliphatic carbocycles. The average Bonchev–Trinajstić information content (AvgIpc) is 3.07. The van der Waals surface area contributed by atoms with Crippen molar-refractivity contribution >= 4 is 16.7 Å². The predicted octanol–water partition coefficient (Wildman–Crippen LogP) is 3.13. The van der Waals surface area contributed by atoms with E-state index in [2.05, 4.69) is 35.5 Å². The fraction of sp³-hybridized carbons (Fsp3) is 0.300. The van der Waals surface area contributed by atoms with Crippen LogP contribution >= 0.6 is 0 Å². The van der Waals surface area contributed by atoms with Gasteiger partial charge in [-0.05, 0) is 29.7 Å². The maximum atomic E-state index is 12.5. The highest BCUT2D eigenvalue weighted by Crippen LogP contribution is 2.31. The topological polar surface area (TPSA) is 66.6 Å². The van der Waals surface area contributed by atoms with E-state index in [9.17, 15) is 9.90 Å². The Hall–Kier alpha value is -2.66. The monoisotopic (exact) mass is 336 g/mol. The van der Waals surface area contributed by atoms with E-state index >= 15 is 0 Å². The number of β-amino-alcohol motifs (C(OH)–C–C–N with tert-alkyl or cyclic N) is 1. The second-order valence-electron chi connectivity index (χ2n) is 6.64. The molecule has 5 heteroatoms. The molecule has 0 unspecified atom stereocenters. The fourth-order valence-electron chi connectivity index (χ4n) is 3.57. The van der Waals surface area contributed by atoms with Crippen molar-refractivity contribution in [3.05, 3.63) is 65.5 Å². The molecule has 2 heterocycles. The highest BCUT2D eigenvalue weighted by Gasteiger charge is 2.32. The number of rotatable bonds is 2. The molecule has 25 heavy (non-hydrogen) atoms. The van der Waals surface area contributed by atoms with Crippen LogP contribution in [0, 0.1) is 6.92 Å². The van der Waals surface area contributed by atoms with Crippen molar-refractivity contribution in [1.29, 1.82) is 0 Å². The van der Waals surface area contributed by atoms with Crippen LogP contribution in [0.25, 0.3) is 10.8 Å². The zero-order valence-corrected chi connectivity index (χ0v) is 14.1. The molecule has 2 atom stereocenters. The van der Waals surface area contributed by atoms with Crippen LogP contribution in [0.1, 0.15) is 34.2 Å². The summed E-state index contributed by atoms with van der Waals surface area (Å²) in [5, 5.41) is 16.8. The summed E-state index contributed by atoms with van der Waals surface area (Å²) in [5.41, 5.74) is 1.42. The summed E-state index contributed by atoms with van der Waals surface area (Å²) in [4.78, 5) is 14.1. The standard InChI is InChI=1S/C20H20N2O3/c1-13-10-18(21-25-13)20(24)22-9-8-17(19(23)12-22)16-7-6-14-4-2-3-5-15(14)11-16/h2-7,10-11,17,19,23H,8-9,12H2,1H3/t17-,19+/m0/s1. The zero-order chi connectivity index (χ0) is 17.4. The van der Waals surface area contributed by atoms with Crippen LogP contribution in [0.3, 0.4) is 0 Å². The molecule has 3 aromatic rings. The molecule has 1 saturated heterocycles. The highest BCUT2D eigenvalue weighted by molar-refractivity contribution is 5.92. The first-order valence-corrected chi connectivity index (χ1v) is 8.51. The van der Waals surface area contributed by atoms with E-state index in [0.29, 0.717) is 24.5 Å². The molecule has 0 saturated carbocycles. The average molecular weight is 336 g/mol. The molecule has 1 amide bonds. The molecule has 1 aliphatic rings. The Bertz CT molecular complexity index is 918. The lowest BCUT2D eigenvalue weighted by Gasteiger charge is -2.36. The number of hydrogen-bond donors (Lipinski definition) is 1.